The molecule has 6 rings (SSSR count). The molecule has 0 amide bonds. The lowest BCUT2D eigenvalue weighted by molar-refractivity contribution is 0.566. The third kappa shape index (κ3) is 8.76. The molecule has 0 heteroatoms. The van der Waals surface area contributed by atoms with Crippen LogP contribution in [0.2, 0.25) is 0 Å². The molecule has 0 aliphatic heterocycles. The van der Waals surface area contributed by atoms with E-state index < -0.39 is 0 Å². The maximum atomic E-state index is 2.52. The molecule has 0 bridgehead atoms. The van der Waals surface area contributed by atoms with Gasteiger partial charge in [0.05, 0.1) is 0 Å². The molecular formula is C50H48. The van der Waals surface area contributed by atoms with Crippen LogP contribution in [0.4, 0.5) is 0 Å². The molecule has 3 atom stereocenters. The highest BCUT2D eigenvalue weighted by atomic mass is 14.3. The van der Waals surface area contributed by atoms with E-state index in [1.807, 2.05) is 0 Å². The van der Waals surface area contributed by atoms with Crippen LogP contribution in [0.3, 0.4) is 0 Å². The molecule has 0 N–H and O–H groups in total. The van der Waals surface area contributed by atoms with Crippen molar-refractivity contribution in [2.75, 3.05) is 0 Å². The molecule has 248 valence electrons. The first-order valence-corrected chi connectivity index (χ1v) is 17.9. The molecule has 0 aliphatic carbocycles. The van der Waals surface area contributed by atoms with Gasteiger partial charge in [0.2, 0.25) is 0 Å². The van der Waals surface area contributed by atoms with Crippen LogP contribution in [0, 0.1) is 0 Å². The van der Waals surface area contributed by atoms with Gasteiger partial charge in [0.1, 0.15) is 0 Å². The van der Waals surface area contributed by atoms with E-state index in [1.165, 1.54) is 50.1 Å². The van der Waals surface area contributed by atoms with E-state index in [0.717, 1.165) is 12.8 Å². The van der Waals surface area contributed by atoms with E-state index in [4.69, 9.17) is 0 Å². The van der Waals surface area contributed by atoms with Crippen LogP contribution in [0.25, 0.3) is 17.2 Å². The molecule has 6 aromatic rings. The Bertz CT molecular complexity index is 1990. The SMILES string of the molecule is CC(=CC(C)(CC(=C(CC(C=Cc1ccccc1)c1ccccc1)c1ccccc1)C(C)c1ccccc1)c1ccccc1)c1ccccc1. The summed E-state index contributed by atoms with van der Waals surface area (Å²) >= 11 is 0. The second kappa shape index (κ2) is 16.8. The van der Waals surface area contributed by atoms with Gasteiger partial charge >= 0.3 is 0 Å². The van der Waals surface area contributed by atoms with Crippen LogP contribution < -0.4 is 0 Å². The Labute approximate surface area is 300 Å². The summed E-state index contributed by atoms with van der Waals surface area (Å²) < 4.78 is 0. The predicted molar refractivity (Wildman–Crippen MR) is 216 cm³/mol. The lowest BCUT2D eigenvalue weighted by Crippen LogP contribution is -2.23. The maximum Gasteiger partial charge on any atom is 0.0147 e. The van der Waals surface area contributed by atoms with Crippen LogP contribution in [0.1, 0.15) is 78.8 Å². The molecule has 3 unspecified atom stereocenters. The van der Waals surface area contributed by atoms with Gasteiger partial charge in [-0.05, 0) is 64.3 Å². The summed E-state index contributed by atoms with van der Waals surface area (Å²) in [5.41, 5.74) is 11.7. The minimum Gasteiger partial charge on any atom is -0.0761 e. The van der Waals surface area contributed by atoms with E-state index >= 15 is 0 Å². The van der Waals surface area contributed by atoms with Crippen molar-refractivity contribution in [3.05, 3.63) is 233 Å². The number of allylic oxidation sites excluding steroid dienone is 5. The third-order valence-electron chi connectivity index (χ3n) is 10.1. The first-order chi connectivity index (χ1) is 24.5. The Morgan fingerprint density at radius 3 is 1.58 bits per heavy atom. The molecular weight excluding hydrogens is 601 g/mol. The van der Waals surface area contributed by atoms with E-state index in [2.05, 4.69) is 221 Å². The van der Waals surface area contributed by atoms with Gasteiger partial charge in [-0.15, -0.1) is 0 Å². The highest BCUT2D eigenvalue weighted by Gasteiger charge is 2.31. The second-order valence-electron chi connectivity index (χ2n) is 13.6. The normalized spacial score (nSPS) is 14.8. The van der Waals surface area contributed by atoms with E-state index in [0.29, 0.717) is 0 Å². The molecule has 0 heterocycles. The molecule has 0 aromatic heterocycles. The average molecular weight is 649 g/mol. The third-order valence-corrected chi connectivity index (χ3v) is 10.1. The summed E-state index contributed by atoms with van der Waals surface area (Å²) in [6.45, 7) is 7.10. The van der Waals surface area contributed by atoms with Gasteiger partial charge in [-0.3, -0.25) is 0 Å². The van der Waals surface area contributed by atoms with Crippen molar-refractivity contribution in [3.8, 4) is 0 Å². The Balaban J connectivity index is 1.57. The maximum absolute atomic E-state index is 2.52. The Hall–Kier alpha value is -5.46. The van der Waals surface area contributed by atoms with Gasteiger partial charge in [-0.25, -0.2) is 0 Å². The summed E-state index contributed by atoms with van der Waals surface area (Å²) in [6, 6.07) is 65.8. The summed E-state index contributed by atoms with van der Waals surface area (Å²) in [7, 11) is 0. The van der Waals surface area contributed by atoms with Gasteiger partial charge in [-0.1, -0.05) is 220 Å². The zero-order valence-corrected chi connectivity index (χ0v) is 29.6. The van der Waals surface area contributed by atoms with Crippen LogP contribution >= 0.6 is 0 Å². The van der Waals surface area contributed by atoms with Gasteiger partial charge in [0.25, 0.3) is 0 Å². The first kappa shape index (κ1) is 34.4. The Kier molecular flexibility index (Phi) is 11.5. The number of rotatable bonds is 13. The fourth-order valence-corrected chi connectivity index (χ4v) is 7.26. The summed E-state index contributed by atoms with van der Waals surface area (Å²) in [6.07, 6.45) is 8.98. The first-order valence-electron chi connectivity index (χ1n) is 17.9. The zero-order chi connectivity index (χ0) is 34.6. The van der Waals surface area contributed by atoms with Gasteiger partial charge in [-0.2, -0.15) is 0 Å². The van der Waals surface area contributed by atoms with E-state index in [-0.39, 0.29) is 17.3 Å². The van der Waals surface area contributed by atoms with Crippen LogP contribution in [-0.2, 0) is 5.41 Å². The van der Waals surface area contributed by atoms with Crippen molar-refractivity contribution in [2.24, 2.45) is 0 Å². The second-order valence-corrected chi connectivity index (χ2v) is 13.6. The minimum atomic E-state index is -0.262. The largest absolute Gasteiger partial charge is 0.0761 e. The van der Waals surface area contributed by atoms with Crippen molar-refractivity contribution in [1.29, 1.82) is 0 Å². The Morgan fingerprint density at radius 1 is 0.560 bits per heavy atom. The summed E-state index contributed by atoms with van der Waals surface area (Å²) in [5.74, 6) is 0.392. The highest BCUT2D eigenvalue weighted by molar-refractivity contribution is 5.73. The standard InChI is InChI=1S/C50H48/c1-39(42-24-12-5-13-25-42)37-50(3,47-32-20-9-21-33-47)38-49(40(2)43-26-14-6-15-27-43)48(45-30-18-8-19-31-45)36-46(44-28-16-7-17-29-44)35-34-41-22-10-4-11-23-41/h4-35,37,40,46H,36,38H2,1-3H3. The highest BCUT2D eigenvalue weighted by Crippen LogP contribution is 2.45. The van der Waals surface area contributed by atoms with Crippen LogP contribution in [-0.4, -0.2) is 0 Å². The van der Waals surface area contributed by atoms with Gasteiger partial charge in [0, 0.05) is 17.3 Å². The van der Waals surface area contributed by atoms with E-state index in [9.17, 15) is 0 Å². The smallest absolute Gasteiger partial charge is 0.0147 e. The van der Waals surface area contributed by atoms with E-state index in [1.54, 1.807) is 0 Å². The van der Waals surface area contributed by atoms with Gasteiger partial charge in [0.15, 0.2) is 0 Å². The molecule has 0 saturated carbocycles. The lowest BCUT2D eigenvalue weighted by Gasteiger charge is -2.34. The number of benzene rings is 6. The number of hydrogen-bond acceptors (Lipinski definition) is 0. The topological polar surface area (TPSA) is 0 Å². The van der Waals surface area contributed by atoms with Crippen molar-refractivity contribution >= 4 is 17.2 Å². The quantitative estimate of drug-likeness (QED) is 0.117. The molecule has 50 heavy (non-hydrogen) atoms. The molecule has 6 aromatic carbocycles. The number of hydrogen-bond donors (Lipinski definition) is 0. The fourth-order valence-electron chi connectivity index (χ4n) is 7.26. The molecule has 0 radical (unpaired) electrons. The summed E-state index contributed by atoms with van der Waals surface area (Å²) in [5, 5.41) is 0. The van der Waals surface area contributed by atoms with Crippen molar-refractivity contribution in [1.82, 2.24) is 0 Å². The molecule has 0 saturated heterocycles. The zero-order valence-electron chi connectivity index (χ0n) is 29.6. The molecule has 0 aliphatic rings. The van der Waals surface area contributed by atoms with Gasteiger partial charge < -0.3 is 0 Å². The van der Waals surface area contributed by atoms with Crippen molar-refractivity contribution in [3.63, 3.8) is 0 Å². The van der Waals surface area contributed by atoms with Crippen molar-refractivity contribution < 1.29 is 0 Å². The predicted octanol–water partition coefficient (Wildman–Crippen LogP) is 13.6. The molecule has 0 spiro atoms. The monoisotopic (exact) mass is 648 g/mol. The fraction of sp³-hybridized carbons (Fsp3) is 0.160. The van der Waals surface area contributed by atoms with Crippen LogP contribution in [0.5, 0.6) is 0 Å². The Morgan fingerprint density at radius 2 is 1.02 bits per heavy atom. The van der Waals surface area contributed by atoms with Crippen LogP contribution in [0.15, 0.2) is 200 Å². The average Bonchev–Trinajstić information content (AvgIpc) is 3.19. The van der Waals surface area contributed by atoms with Crippen molar-refractivity contribution in [2.45, 2.75) is 50.9 Å². The summed E-state index contributed by atoms with van der Waals surface area (Å²) in [4.78, 5) is 0. The molecule has 0 nitrogen and oxygen atoms in total. The molecule has 0 fully saturated rings. The lowest BCUT2D eigenvalue weighted by atomic mass is 9.70. The minimum absolute atomic E-state index is 0.189.